The molecule has 7 nitrogen and oxygen atoms in total. The van der Waals surface area contributed by atoms with Crippen molar-refractivity contribution < 1.29 is 14.3 Å². The van der Waals surface area contributed by atoms with Crippen molar-refractivity contribution >= 4 is 22.9 Å². The van der Waals surface area contributed by atoms with Crippen molar-refractivity contribution in [1.29, 1.82) is 0 Å². The first kappa shape index (κ1) is 18.4. The second kappa shape index (κ2) is 7.45. The Hall–Kier alpha value is -2.41. The number of benzene rings is 1. The van der Waals surface area contributed by atoms with Gasteiger partial charge in [-0.3, -0.25) is 14.9 Å². The lowest BCUT2D eigenvalue weighted by atomic mass is 9.89. The van der Waals surface area contributed by atoms with Gasteiger partial charge < -0.3 is 14.2 Å². The minimum Gasteiger partial charge on any atom is -0.465 e. The summed E-state index contributed by atoms with van der Waals surface area (Å²) < 4.78 is 6.95. The number of rotatable bonds is 6. The third-order valence-electron chi connectivity index (χ3n) is 5.02. The first-order valence-electron chi connectivity index (χ1n) is 9.07. The average molecular weight is 358 g/mol. The molecule has 140 valence electrons. The summed E-state index contributed by atoms with van der Waals surface area (Å²) in [5, 5.41) is 3.14. The molecule has 1 aliphatic rings. The summed E-state index contributed by atoms with van der Waals surface area (Å²) in [5.74, 6) is -0.388. The molecule has 1 unspecified atom stereocenters. The van der Waals surface area contributed by atoms with Gasteiger partial charge in [-0.25, -0.2) is 4.98 Å². The van der Waals surface area contributed by atoms with Gasteiger partial charge >= 0.3 is 5.97 Å². The van der Waals surface area contributed by atoms with Crippen LogP contribution >= 0.6 is 0 Å². The van der Waals surface area contributed by atoms with Gasteiger partial charge in [-0.1, -0.05) is 6.07 Å². The molecule has 1 amide bonds. The van der Waals surface area contributed by atoms with Crippen molar-refractivity contribution in [3.8, 4) is 0 Å². The largest absolute Gasteiger partial charge is 0.465 e. The van der Waals surface area contributed by atoms with E-state index >= 15 is 0 Å². The smallest absolute Gasteiger partial charge is 0.319 e. The average Bonchev–Trinajstić information content (AvgIpc) is 3.29. The first-order valence-corrected chi connectivity index (χ1v) is 9.07. The molecule has 26 heavy (non-hydrogen) atoms. The quantitative estimate of drug-likeness (QED) is 0.793. The number of fused-ring (bicyclic) bond motifs is 1. The SMILES string of the molecule is CCOC(=O)CNC(C)(C(=O)N1CCCC1)c1ccc2c(c1)ncn2C. The maximum Gasteiger partial charge on any atom is 0.319 e. The summed E-state index contributed by atoms with van der Waals surface area (Å²) in [7, 11) is 1.93. The van der Waals surface area contributed by atoms with E-state index in [2.05, 4.69) is 10.3 Å². The highest BCUT2D eigenvalue weighted by atomic mass is 16.5. The van der Waals surface area contributed by atoms with Gasteiger partial charge in [0.2, 0.25) is 5.91 Å². The number of carbonyl (C=O) groups is 2. The Morgan fingerprint density at radius 1 is 1.31 bits per heavy atom. The molecule has 0 aliphatic carbocycles. The zero-order valence-corrected chi connectivity index (χ0v) is 15.6. The third kappa shape index (κ3) is 3.44. The van der Waals surface area contributed by atoms with Crippen molar-refractivity contribution in [1.82, 2.24) is 19.8 Å². The maximum absolute atomic E-state index is 13.3. The summed E-state index contributed by atoms with van der Waals surface area (Å²) in [6.07, 6.45) is 3.78. The number of hydrogen-bond donors (Lipinski definition) is 1. The van der Waals surface area contributed by atoms with E-state index in [-0.39, 0.29) is 18.4 Å². The van der Waals surface area contributed by atoms with Crippen LogP contribution in [0.15, 0.2) is 24.5 Å². The molecule has 1 aromatic carbocycles. The molecule has 0 saturated carbocycles. The second-order valence-corrected chi connectivity index (χ2v) is 6.84. The van der Waals surface area contributed by atoms with E-state index in [1.807, 2.05) is 41.6 Å². The highest BCUT2D eigenvalue weighted by Crippen LogP contribution is 2.28. The molecular formula is C19H26N4O3. The van der Waals surface area contributed by atoms with Crippen LogP contribution in [0.4, 0.5) is 0 Å². The number of aryl methyl sites for hydroxylation is 1. The zero-order valence-electron chi connectivity index (χ0n) is 15.6. The zero-order chi connectivity index (χ0) is 18.7. The Kier molecular flexibility index (Phi) is 5.27. The Morgan fingerprint density at radius 2 is 2.04 bits per heavy atom. The second-order valence-electron chi connectivity index (χ2n) is 6.84. The first-order chi connectivity index (χ1) is 12.5. The number of likely N-dealkylation sites (tertiary alicyclic amines) is 1. The number of ether oxygens (including phenoxy) is 1. The van der Waals surface area contributed by atoms with Crippen molar-refractivity contribution in [3.05, 3.63) is 30.1 Å². The van der Waals surface area contributed by atoms with Gasteiger partial charge in [-0.15, -0.1) is 0 Å². The third-order valence-corrected chi connectivity index (χ3v) is 5.02. The fraction of sp³-hybridized carbons (Fsp3) is 0.526. The van der Waals surface area contributed by atoms with Crippen molar-refractivity contribution in [2.75, 3.05) is 26.2 Å². The standard InChI is InChI=1S/C19H26N4O3/c1-4-26-17(24)12-21-19(2,18(25)23-9-5-6-10-23)14-7-8-16-15(11-14)20-13-22(16)3/h7-8,11,13,21H,4-6,9-10,12H2,1-3H3. The predicted molar refractivity (Wildman–Crippen MR) is 98.5 cm³/mol. The number of carbonyl (C=O) groups excluding carboxylic acids is 2. The Bertz CT molecular complexity index is 810. The molecule has 2 aromatic rings. The highest BCUT2D eigenvalue weighted by molar-refractivity contribution is 5.90. The fourth-order valence-corrected chi connectivity index (χ4v) is 3.45. The Labute approximate surface area is 153 Å². The minimum atomic E-state index is -1.01. The molecule has 1 atom stereocenters. The van der Waals surface area contributed by atoms with E-state index in [0.29, 0.717) is 6.61 Å². The maximum atomic E-state index is 13.3. The molecule has 7 heteroatoms. The van der Waals surface area contributed by atoms with Crippen LogP contribution in [0.1, 0.15) is 32.3 Å². The number of hydrogen-bond acceptors (Lipinski definition) is 5. The molecule has 3 rings (SSSR count). The summed E-state index contributed by atoms with van der Waals surface area (Å²) in [4.78, 5) is 31.4. The van der Waals surface area contributed by atoms with E-state index in [4.69, 9.17) is 4.74 Å². The van der Waals surface area contributed by atoms with Crippen LogP contribution < -0.4 is 5.32 Å². The van der Waals surface area contributed by atoms with Gasteiger partial charge in [0.15, 0.2) is 0 Å². The molecule has 0 spiro atoms. The number of amides is 1. The van der Waals surface area contributed by atoms with Crippen LogP contribution in [0.5, 0.6) is 0 Å². The van der Waals surface area contributed by atoms with Crippen LogP contribution in [-0.4, -0.2) is 52.6 Å². The molecule has 1 aromatic heterocycles. The number of esters is 1. The van der Waals surface area contributed by atoms with Crippen molar-refractivity contribution in [2.45, 2.75) is 32.2 Å². The van der Waals surface area contributed by atoms with E-state index in [1.165, 1.54) is 0 Å². The normalized spacial score (nSPS) is 16.7. The lowest BCUT2D eigenvalue weighted by Crippen LogP contribution is -2.54. The molecule has 1 aliphatic heterocycles. The number of aromatic nitrogens is 2. The Morgan fingerprint density at radius 3 is 2.73 bits per heavy atom. The summed E-state index contributed by atoms with van der Waals surface area (Å²) in [6, 6.07) is 5.80. The molecule has 1 fully saturated rings. The van der Waals surface area contributed by atoms with Gasteiger partial charge in [-0.2, -0.15) is 0 Å². The summed E-state index contributed by atoms with van der Waals surface area (Å²) in [5.41, 5.74) is 1.60. The van der Waals surface area contributed by atoms with Crippen LogP contribution in [0.2, 0.25) is 0 Å². The molecule has 0 radical (unpaired) electrons. The highest BCUT2D eigenvalue weighted by Gasteiger charge is 2.39. The minimum absolute atomic E-state index is 0.0189. The van der Waals surface area contributed by atoms with Crippen LogP contribution in [0.25, 0.3) is 11.0 Å². The fourth-order valence-electron chi connectivity index (χ4n) is 3.45. The summed E-state index contributed by atoms with van der Waals surface area (Å²) >= 11 is 0. The molecule has 1 N–H and O–H groups in total. The molecular weight excluding hydrogens is 332 g/mol. The van der Waals surface area contributed by atoms with E-state index in [1.54, 1.807) is 13.3 Å². The molecule has 2 heterocycles. The Balaban J connectivity index is 1.94. The predicted octanol–water partition coefficient (Wildman–Crippen LogP) is 1.56. The van der Waals surface area contributed by atoms with Gasteiger partial charge in [-0.05, 0) is 44.4 Å². The van der Waals surface area contributed by atoms with Crippen LogP contribution in [0, 0.1) is 0 Å². The van der Waals surface area contributed by atoms with Gasteiger partial charge in [0.1, 0.15) is 5.54 Å². The summed E-state index contributed by atoms with van der Waals surface area (Å²) in [6.45, 7) is 5.39. The van der Waals surface area contributed by atoms with Crippen molar-refractivity contribution in [3.63, 3.8) is 0 Å². The monoisotopic (exact) mass is 358 g/mol. The van der Waals surface area contributed by atoms with Gasteiger partial charge in [0.25, 0.3) is 0 Å². The number of nitrogens with zero attached hydrogens (tertiary/aromatic N) is 3. The lowest BCUT2D eigenvalue weighted by molar-refractivity contribution is -0.143. The van der Waals surface area contributed by atoms with E-state index in [0.717, 1.165) is 42.5 Å². The van der Waals surface area contributed by atoms with E-state index in [9.17, 15) is 9.59 Å². The van der Waals surface area contributed by atoms with Crippen molar-refractivity contribution in [2.24, 2.45) is 7.05 Å². The molecule has 1 saturated heterocycles. The van der Waals surface area contributed by atoms with Crippen LogP contribution in [0.3, 0.4) is 0 Å². The van der Waals surface area contributed by atoms with E-state index < -0.39 is 5.54 Å². The number of nitrogens with one attached hydrogen (secondary N) is 1. The number of imidazole rings is 1. The van der Waals surface area contributed by atoms with Crippen LogP contribution in [-0.2, 0) is 26.9 Å². The topological polar surface area (TPSA) is 76.5 Å². The van der Waals surface area contributed by atoms with Gasteiger partial charge in [0.05, 0.1) is 30.5 Å². The molecule has 0 bridgehead atoms. The lowest BCUT2D eigenvalue weighted by Gasteiger charge is -2.34. The van der Waals surface area contributed by atoms with Gasteiger partial charge in [0, 0.05) is 20.1 Å².